The van der Waals surface area contributed by atoms with Crippen LogP contribution < -0.4 is 0 Å². The van der Waals surface area contributed by atoms with Gasteiger partial charge in [0.1, 0.15) is 13.2 Å². The van der Waals surface area contributed by atoms with Crippen LogP contribution in [0, 0.1) is 11.8 Å². The van der Waals surface area contributed by atoms with E-state index in [-0.39, 0.29) is 31.1 Å². The third-order valence-electron chi connectivity index (χ3n) is 10.8. The van der Waals surface area contributed by atoms with Crippen molar-refractivity contribution in [3.8, 4) is 0 Å². The standard InChI is InChI=1S/C47H90O6/c1-6-8-9-10-11-12-13-17-22-27-32-37-45(48)51-40-44(41-52-46(49)38-33-28-24-19-20-25-30-35-42(3)4)53-47(50)39-34-29-23-18-15-14-16-21-26-31-36-43(5)7-2/h42-44H,6-41H2,1-5H3/t43?,44-/m1/s1. The first-order valence-corrected chi connectivity index (χ1v) is 23.3. The minimum absolute atomic E-state index is 0.0652. The average molecular weight is 751 g/mol. The van der Waals surface area contributed by atoms with Crippen LogP contribution in [0.5, 0.6) is 0 Å². The molecule has 0 bridgehead atoms. The van der Waals surface area contributed by atoms with Crippen molar-refractivity contribution >= 4 is 17.9 Å². The van der Waals surface area contributed by atoms with Crippen molar-refractivity contribution in [1.29, 1.82) is 0 Å². The lowest BCUT2D eigenvalue weighted by Gasteiger charge is -2.18. The molecule has 2 atom stereocenters. The Balaban J connectivity index is 4.34. The van der Waals surface area contributed by atoms with Crippen LogP contribution in [0.4, 0.5) is 0 Å². The molecule has 0 amide bonds. The van der Waals surface area contributed by atoms with E-state index in [1.165, 1.54) is 141 Å². The second-order valence-electron chi connectivity index (χ2n) is 16.8. The fourth-order valence-corrected chi connectivity index (χ4v) is 6.90. The van der Waals surface area contributed by atoms with Gasteiger partial charge < -0.3 is 14.2 Å². The molecule has 0 saturated heterocycles. The van der Waals surface area contributed by atoms with E-state index in [1.807, 2.05) is 0 Å². The van der Waals surface area contributed by atoms with Gasteiger partial charge in [0.05, 0.1) is 0 Å². The first-order valence-electron chi connectivity index (χ1n) is 23.3. The Labute approximate surface area is 329 Å². The number of unbranched alkanes of at least 4 members (excludes halogenated alkanes) is 25. The molecule has 0 aromatic rings. The van der Waals surface area contributed by atoms with Crippen LogP contribution in [0.3, 0.4) is 0 Å². The predicted octanol–water partition coefficient (Wildman–Crippen LogP) is 14.6. The van der Waals surface area contributed by atoms with Gasteiger partial charge in [-0.2, -0.15) is 0 Å². The molecule has 0 aromatic heterocycles. The van der Waals surface area contributed by atoms with E-state index in [0.717, 1.165) is 69.6 Å². The van der Waals surface area contributed by atoms with Crippen LogP contribution in [0.15, 0.2) is 0 Å². The molecule has 0 aliphatic heterocycles. The topological polar surface area (TPSA) is 78.9 Å². The normalized spacial score (nSPS) is 12.6. The number of carbonyl (C=O) groups excluding carboxylic acids is 3. The zero-order chi connectivity index (χ0) is 39.0. The Hall–Kier alpha value is -1.59. The maximum atomic E-state index is 12.7. The lowest BCUT2D eigenvalue weighted by atomic mass is 9.99. The van der Waals surface area contributed by atoms with Crippen LogP contribution in [0.1, 0.15) is 253 Å². The van der Waals surface area contributed by atoms with Gasteiger partial charge in [0.15, 0.2) is 6.10 Å². The fourth-order valence-electron chi connectivity index (χ4n) is 6.90. The van der Waals surface area contributed by atoms with Gasteiger partial charge >= 0.3 is 17.9 Å². The summed E-state index contributed by atoms with van der Waals surface area (Å²) in [6.45, 7) is 11.3. The van der Waals surface area contributed by atoms with Crippen molar-refractivity contribution in [1.82, 2.24) is 0 Å². The summed E-state index contributed by atoms with van der Waals surface area (Å²) < 4.78 is 16.7. The fraction of sp³-hybridized carbons (Fsp3) is 0.936. The second-order valence-corrected chi connectivity index (χ2v) is 16.8. The number of hydrogen-bond acceptors (Lipinski definition) is 6. The highest BCUT2D eigenvalue weighted by Crippen LogP contribution is 2.17. The van der Waals surface area contributed by atoms with Crippen LogP contribution >= 0.6 is 0 Å². The summed E-state index contributed by atoms with van der Waals surface area (Å²) in [5.41, 5.74) is 0. The van der Waals surface area contributed by atoms with Crippen LogP contribution in [0.2, 0.25) is 0 Å². The van der Waals surface area contributed by atoms with Gasteiger partial charge in [-0.3, -0.25) is 14.4 Å². The molecule has 0 heterocycles. The SMILES string of the molecule is CCCCCCCCCCCCCC(=O)OC[C@H](COC(=O)CCCCCCCCCC(C)C)OC(=O)CCCCCCCCCCCCC(C)CC. The monoisotopic (exact) mass is 751 g/mol. The number of rotatable bonds is 41. The molecule has 0 rings (SSSR count). The van der Waals surface area contributed by atoms with E-state index >= 15 is 0 Å². The molecule has 0 aliphatic rings. The summed E-state index contributed by atoms with van der Waals surface area (Å²) in [7, 11) is 0. The van der Waals surface area contributed by atoms with Gasteiger partial charge in [-0.05, 0) is 31.1 Å². The molecule has 314 valence electrons. The van der Waals surface area contributed by atoms with E-state index < -0.39 is 6.10 Å². The average Bonchev–Trinajstić information content (AvgIpc) is 3.14. The van der Waals surface area contributed by atoms with Crippen LogP contribution in [-0.4, -0.2) is 37.2 Å². The third-order valence-corrected chi connectivity index (χ3v) is 10.8. The van der Waals surface area contributed by atoms with E-state index in [4.69, 9.17) is 14.2 Å². The van der Waals surface area contributed by atoms with Gasteiger partial charge in [0.2, 0.25) is 0 Å². The van der Waals surface area contributed by atoms with Crippen LogP contribution in [-0.2, 0) is 28.6 Å². The van der Waals surface area contributed by atoms with Crippen molar-refractivity contribution in [2.24, 2.45) is 11.8 Å². The quantitative estimate of drug-likeness (QED) is 0.0352. The summed E-state index contributed by atoms with van der Waals surface area (Å²) in [6.07, 6.45) is 38.0. The maximum absolute atomic E-state index is 12.7. The molecule has 0 aromatic carbocycles. The summed E-state index contributed by atoms with van der Waals surface area (Å²) in [5.74, 6) is 0.790. The predicted molar refractivity (Wildman–Crippen MR) is 224 cm³/mol. The Kier molecular flexibility index (Phi) is 38.9. The molecule has 6 heteroatoms. The van der Waals surface area contributed by atoms with E-state index in [0.29, 0.717) is 19.3 Å². The molecule has 0 fully saturated rings. The largest absolute Gasteiger partial charge is 0.462 e. The van der Waals surface area contributed by atoms with Gasteiger partial charge in [-0.25, -0.2) is 0 Å². The number of ether oxygens (including phenoxy) is 3. The van der Waals surface area contributed by atoms with Crippen LogP contribution in [0.25, 0.3) is 0 Å². The second kappa shape index (κ2) is 40.1. The smallest absolute Gasteiger partial charge is 0.306 e. The number of carbonyl (C=O) groups is 3. The summed E-state index contributed by atoms with van der Waals surface area (Å²) in [4.78, 5) is 37.7. The summed E-state index contributed by atoms with van der Waals surface area (Å²) in [5, 5.41) is 0. The first-order chi connectivity index (χ1) is 25.8. The van der Waals surface area contributed by atoms with Crippen molar-refractivity contribution in [2.45, 2.75) is 259 Å². The molecule has 53 heavy (non-hydrogen) atoms. The highest BCUT2D eigenvalue weighted by atomic mass is 16.6. The van der Waals surface area contributed by atoms with Gasteiger partial charge in [0.25, 0.3) is 0 Å². The minimum atomic E-state index is -0.760. The molecule has 0 aliphatic carbocycles. The lowest BCUT2D eigenvalue weighted by molar-refractivity contribution is -0.167. The molecule has 0 spiro atoms. The summed E-state index contributed by atoms with van der Waals surface area (Å²) in [6, 6.07) is 0. The molecular weight excluding hydrogens is 661 g/mol. The van der Waals surface area contributed by atoms with Gasteiger partial charge in [-0.15, -0.1) is 0 Å². The Morgan fingerprint density at radius 3 is 1.08 bits per heavy atom. The van der Waals surface area contributed by atoms with Crippen molar-refractivity contribution in [2.75, 3.05) is 13.2 Å². The molecule has 6 nitrogen and oxygen atoms in total. The first kappa shape index (κ1) is 51.4. The molecular formula is C47H90O6. The zero-order valence-electron chi connectivity index (χ0n) is 36.1. The minimum Gasteiger partial charge on any atom is -0.462 e. The number of esters is 3. The summed E-state index contributed by atoms with van der Waals surface area (Å²) >= 11 is 0. The molecule has 1 unspecified atom stereocenters. The Bertz CT molecular complexity index is 811. The molecule has 0 N–H and O–H groups in total. The highest BCUT2D eigenvalue weighted by molar-refractivity contribution is 5.71. The molecule has 0 saturated carbocycles. The van der Waals surface area contributed by atoms with Crippen molar-refractivity contribution < 1.29 is 28.6 Å². The van der Waals surface area contributed by atoms with Crippen molar-refractivity contribution in [3.63, 3.8) is 0 Å². The maximum Gasteiger partial charge on any atom is 0.306 e. The van der Waals surface area contributed by atoms with Gasteiger partial charge in [0, 0.05) is 19.3 Å². The van der Waals surface area contributed by atoms with Gasteiger partial charge in [-0.1, -0.05) is 214 Å². The van der Waals surface area contributed by atoms with Crippen molar-refractivity contribution in [3.05, 3.63) is 0 Å². The Morgan fingerprint density at radius 1 is 0.396 bits per heavy atom. The Morgan fingerprint density at radius 2 is 0.717 bits per heavy atom. The number of hydrogen-bond donors (Lipinski definition) is 0. The third kappa shape index (κ3) is 39.9. The van der Waals surface area contributed by atoms with E-state index in [9.17, 15) is 14.4 Å². The zero-order valence-corrected chi connectivity index (χ0v) is 36.1. The highest BCUT2D eigenvalue weighted by Gasteiger charge is 2.19. The van der Waals surface area contributed by atoms with E-state index in [1.54, 1.807) is 0 Å². The van der Waals surface area contributed by atoms with E-state index in [2.05, 4.69) is 34.6 Å². The molecule has 0 radical (unpaired) electrons. The lowest BCUT2D eigenvalue weighted by Crippen LogP contribution is -2.30.